The lowest BCUT2D eigenvalue weighted by atomic mass is 10.2. The van der Waals surface area contributed by atoms with Crippen LogP contribution >= 0.6 is 0 Å². The molecule has 1 aromatic carbocycles. The van der Waals surface area contributed by atoms with E-state index in [1.54, 1.807) is 42.7 Å². The quantitative estimate of drug-likeness (QED) is 0.729. The number of anilines is 2. The summed E-state index contributed by atoms with van der Waals surface area (Å²) in [6, 6.07) is 8.59. The monoisotopic (exact) mass is 382 g/mol. The first-order valence-corrected chi connectivity index (χ1v) is 9.63. The lowest BCUT2D eigenvalue weighted by Gasteiger charge is -2.34. The van der Waals surface area contributed by atoms with Gasteiger partial charge in [0.15, 0.2) is 6.04 Å². The van der Waals surface area contributed by atoms with Crippen molar-refractivity contribution < 1.29 is 19.2 Å². The molecule has 0 spiro atoms. The molecule has 0 radical (unpaired) electrons. The molecular formula is C20H24N5O3+. The number of imide groups is 1. The van der Waals surface area contributed by atoms with Gasteiger partial charge in [0, 0.05) is 12.4 Å². The third-order valence-electron chi connectivity index (χ3n) is 5.29. The van der Waals surface area contributed by atoms with Crippen molar-refractivity contribution in [2.45, 2.75) is 19.4 Å². The van der Waals surface area contributed by atoms with E-state index in [-0.39, 0.29) is 24.3 Å². The van der Waals surface area contributed by atoms with Crippen molar-refractivity contribution in [3.05, 3.63) is 42.7 Å². The molecule has 1 N–H and O–H groups in total. The maximum absolute atomic E-state index is 13.0. The number of nitrogens with zero attached hydrogens (tertiary/aromatic N) is 4. The van der Waals surface area contributed by atoms with E-state index in [0.717, 1.165) is 36.8 Å². The first-order chi connectivity index (χ1) is 13.7. The molecule has 2 amide bonds. The standard InChI is InChI=1S/C20H23N5O3/c1-2-28-16-6-4-15(5-7-16)25-18(26)14-17(19(25)27)23-10-12-24(13-11-23)20-21-8-3-9-22-20/h3-9,17H,2,10-14H2,1H3/p+1. The van der Waals surface area contributed by atoms with Crippen molar-refractivity contribution in [2.24, 2.45) is 0 Å². The van der Waals surface area contributed by atoms with Gasteiger partial charge in [-0.15, -0.1) is 0 Å². The number of carbonyl (C=O) groups is 2. The number of rotatable bonds is 5. The lowest BCUT2D eigenvalue weighted by molar-refractivity contribution is -0.915. The molecule has 3 heterocycles. The Kier molecular flexibility index (Phi) is 5.21. The molecule has 0 aliphatic carbocycles. The molecule has 1 unspecified atom stereocenters. The second-order valence-electron chi connectivity index (χ2n) is 6.95. The number of hydrogen-bond acceptors (Lipinski definition) is 6. The predicted octanol–water partition coefficient (Wildman–Crippen LogP) is -0.0877. The van der Waals surface area contributed by atoms with Crippen LogP contribution in [0.4, 0.5) is 11.6 Å². The fourth-order valence-electron chi connectivity index (χ4n) is 3.88. The van der Waals surface area contributed by atoms with E-state index in [2.05, 4.69) is 14.9 Å². The second-order valence-corrected chi connectivity index (χ2v) is 6.95. The summed E-state index contributed by atoms with van der Waals surface area (Å²) in [4.78, 5) is 38.7. The summed E-state index contributed by atoms with van der Waals surface area (Å²) >= 11 is 0. The average molecular weight is 382 g/mol. The number of benzene rings is 1. The fraction of sp³-hybridized carbons (Fsp3) is 0.400. The number of aromatic nitrogens is 2. The minimum Gasteiger partial charge on any atom is -0.494 e. The fourth-order valence-corrected chi connectivity index (χ4v) is 3.88. The van der Waals surface area contributed by atoms with Crippen LogP contribution in [0.2, 0.25) is 0 Å². The Labute approximate surface area is 163 Å². The van der Waals surface area contributed by atoms with Gasteiger partial charge in [-0.25, -0.2) is 14.9 Å². The van der Waals surface area contributed by atoms with Crippen molar-refractivity contribution in [1.82, 2.24) is 9.97 Å². The molecule has 2 saturated heterocycles. The van der Waals surface area contributed by atoms with Crippen molar-refractivity contribution in [3.8, 4) is 5.75 Å². The van der Waals surface area contributed by atoms with E-state index in [9.17, 15) is 9.59 Å². The third kappa shape index (κ3) is 3.55. The molecule has 28 heavy (non-hydrogen) atoms. The minimum atomic E-state index is -0.321. The van der Waals surface area contributed by atoms with E-state index < -0.39 is 0 Å². The van der Waals surface area contributed by atoms with E-state index in [4.69, 9.17) is 4.74 Å². The first-order valence-electron chi connectivity index (χ1n) is 9.63. The van der Waals surface area contributed by atoms with Gasteiger partial charge in [0.2, 0.25) is 11.9 Å². The van der Waals surface area contributed by atoms with Gasteiger partial charge in [0.05, 0.1) is 44.9 Å². The molecule has 0 bridgehead atoms. The summed E-state index contributed by atoms with van der Waals surface area (Å²) in [7, 11) is 0. The Morgan fingerprint density at radius 1 is 1.11 bits per heavy atom. The molecule has 8 heteroatoms. The molecule has 2 aromatic rings. The van der Waals surface area contributed by atoms with Crippen LogP contribution < -0.4 is 19.4 Å². The number of amides is 2. The SMILES string of the molecule is CCOc1ccc(N2C(=O)CC([NH+]3CCN(c4ncccn4)CC3)C2=O)cc1. The van der Waals surface area contributed by atoms with Crippen LogP contribution in [0, 0.1) is 0 Å². The maximum Gasteiger partial charge on any atom is 0.292 e. The van der Waals surface area contributed by atoms with Crippen molar-refractivity contribution in [3.63, 3.8) is 0 Å². The number of nitrogens with one attached hydrogen (secondary N) is 1. The van der Waals surface area contributed by atoms with Gasteiger partial charge in [-0.2, -0.15) is 0 Å². The number of hydrogen-bond donors (Lipinski definition) is 1. The third-order valence-corrected chi connectivity index (χ3v) is 5.29. The van der Waals surface area contributed by atoms with Gasteiger partial charge < -0.3 is 14.5 Å². The van der Waals surface area contributed by atoms with Crippen LogP contribution in [0.3, 0.4) is 0 Å². The molecule has 4 rings (SSSR count). The highest BCUT2D eigenvalue weighted by Crippen LogP contribution is 2.24. The van der Waals surface area contributed by atoms with E-state index in [0.29, 0.717) is 18.2 Å². The predicted molar refractivity (Wildman–Crippen MR) is 103 cm³/mol. The zero-order valence-corrected chi connectivity index (χ0v) is 15.9. The molecule has 1 aromatic heterocycles. The van der Waals surface area contributed by atoms with Gasteiger partial charge in [0.25, 0.3) is 5.91 Å². The summed E-state index contributed by atoms with van der Waals surface area (Å²) < 4.78 is 5.43. The zero-order valence-electron chi connectivity index (χ0n) is 15.9. The lowest BCUT2D eigenvalue weighted by Crippen LogP contribution is -3.19. The van der Waals surface area contributed by atoms with E-state index >= 15 is 0 Å². The summed E-state index contributed by atoms with van der Waals surface area (Å²) in [6.07, 6.45) is 3.72. The number of carbonyl (C=O) groups excluding carboxylic acids is 2. The molecule has 1 atom stereocenters. The summed E-state index contributed by atoms with van der Waals surface area (Å²) in [5.74, 6) is 1.19. The van der Waals surface area contributed by atoms with Crippen LogP contribution in [0.1, 0.15) is 13.3 Å². The second kappa shape index (κ2) is 7.93. The number of ether oxygens (including phenoxy) is 1. The van der Waals surface area contributed by atoms with Gasteiger partial charge in [-0.05, 0) is 37.3 Å². The van der Waals surface area contributed by atoms with Gasteiger partial charge in [0.1, 0.15) is 5.75 Å². The van der Waals surface area contributed by atoms with Crippen LogP contribution in [-0.4, -0.2) is 60.6 Å². The normalized spacial score (nSPS) is 20.7. The maximum atomic E-state index is 13.0. The Morgan fingerprint density at radius 3 is 2.43 bits per heavy atom. The van der Waals surface area contributed by atoms with E-state index in [1.807, 2.05) is 6.92 Å². The topological polar surface area (TPSA) is 80.1 Å². The smallest absolute Gasteiger partial charge is 0.292 e. The Bertz CT molecular complexity index is 835. The summed E-state index contributed by atoms with van der Waals surface area (Å²) in [5.41, 5.74) is 0.608. The van der Waals surface area contributed by atoms with Gasteiger partial charge in [-0.3, -0.25) is 9.59 Å². The highest BCUT2D eigenvalue weighted by molar-refractivity contribution is 6.21. The number of quaternary nitrogens is 1. The van der Waals surface area contributed by atoms with Crippen LogP contribution in [0.15, 0.2) is 42.7 Å². The molecule has 2 aliphatic rings. The van der Waals surface area contributed by atoms with Crippen molar-refractivity contribution in [2.75, 3.05) is 42.6 Å². The van der Waals surface area contributed by atoms with E-state index in [1.165, 1.54) is 4.90 Å². The largest absolute Gasteiger partial charge is 0.494 e. The van der Waals surface area contributed by atoms with Crippen molar-refractivity contribution in [1.29, 1.82) is 0 Å². The zero-order chi connectivity index (χ0) is 19.5. The van der Waals surface area contributed by atoms with Gasteiger partial charge >= 0.3 is 0 Å². The van der Waals surface area contributed by atoms with Gasteiger partial charge in [-0.1, -0.05) is 0 Å². The Hall–Kier alpha value is -3.00. The molecule has 2 aliphatic heterocycles. The highest BCUT2D eigenvalue weighted by atomic mass is 16.5. The molecular weight excluding hydrogens is 358 g/mol. The molecule has 0 saturated carbocycles. The molecule has 8 nitrogen and oxygen atoms in total. The Balaban J connectivity index is 1.41. The first kappa shape index (κ1) is 18.4. The summed E-state index contributed by atoms with van der Waals surface area (Å²) in [6.45, 7) is 5.57. The molecule has 146 valence electrons. The molecule has 2 fully saturated rings. The minimum absolute atomic E-state index is 0.117. The average Bonchev–Trinajstić information content (AvgIpc) is 3.04. The van der Waals surface area contributed by atoms with Crippen LogP contribution in [-0.2, 0) is 9.59 Å². The Morgan fingerprint density at radius 2 is 1.79 bits per heavy atom. The van der Waals surface area contributed by atoms with Crippen LogP contribution in [0.25, 0.3) is 0 Å². The number of piperazine rings is 1. The summed E-state index contributed by atoms with van der Waals surface area (Å²) in [5, 5.41) is 0. The van der Waals surface area contributed by atoms with Crippen molar-refractivity contribution >= 4 is 23.5 Å². The highest BCUT2D eigenvalue weighted by Gasteiger charge is 2.46. The van der Waals surface area contributed by atoms with Crippen LogP contribution in [0.5, 0.6) is 5.75 Å².